The molecule has 5 nitrogen and oxygen atoms in total. The van der Waals surface area contributed by atoms with Crippen molar-refractivity contribution < 1.29 is 9.18 Å². The first-order valence-electron chi connectivity index (χ1n) is 13.2. The molecule has 2 amide bonds. The van der Waals surface area contributed by atoms with Crippen molar-refractivity contribution in [3.63, 3.8) is 0 Å². The lowest BCUT2D eigenvalue weighted by molar-refractivity contribution is 0.222. The smallest absolute Gasteiger partial charge is 0.349 e. The Morgan fingerprint density at radius 3 is 2.24 bits per heavy atom. The van der Waals surface area contributed by atoms with Gasteiger partial charge in [-0.1, -0.05) is 53.5 Å². The van der Waals surface area contributed by atoms with Crippen LogP contribution in [0.2, 0.25) is 0 Å². The number of halogens is 1. The van der Waals surface area contributed by atoms with Gasteiger partial charge in [0, 0.05) is 37.9 Å². The molecule has 0 aliphatic carbocycles. The summed E-state index contributed by atoms with van der Waals surface area (Å²) in [5, 5.41) is 0. The molecule has 0 bridgehead atoms. The van der Waals surface area contributed by atoms with Gasteiger partial charge in [0.05, 0.1) is 12.9 Å². The Kier molecular flexibility index (Phi) is 18.6. The number of aliphatic imine (C=N–C) groups is 1. The molecule has 2 aliphatic heterocycles. The van der Waals surface area contributed by atoms with Crippen molar-refractivity contribution in [1.29, 1.82) is 0 Å². The van der Waals surface area contributed by atoms with Crippen LogP contribution >= 0.6 is 0 Å². The van der Waals surface area contributed by atoms with E-state index in [1.165, 1.54) is 18.6 Å². The van der Waals surface area contributed by atoms with Crippen LogP contribution in [-0.4, -0.2) is 60.9 Å². The standard InChI is InChI=1S/C22H29FN4O.3C2H6/c1-2-3-12-25-15-10-20(11-16-25)27(21-9-7-8-19(23)17-21)22(28)24-18-26-13-5-4-6-14-26;3*1-2/h7-9,17-18,20H,4-6,10-16H2,1H3;3*1-2H3/b24-18+;;;. The number of urea groups is 1. The number of carbonyl (C=O) groups excluding carboxylic acids is 1. The molecule has 2 heterocycles. The van der Waals surface area contributed by atoms with Crippen molar-refractivity contribution in [1.82, 2.24) is 9.80 Å². The Labute approximate surface area is 208 Å². The van der Waals surface area contributed by atoms with Crippen molar-refractivity contribution >= 4 is 18.1 Å². The third-order valence-electron chi connectivity index (χ3n) is 5.42. The lowest BCUT2D eigenvalue weighted by Gasteiger charge is -2.37. The number of hydrogen-bond donors (Lipinski definition) is 0. The molecule has 0 radical (unpaired) electrons. The number of benzene rings is 1. The Morgan fingerprint density at radius 2 is 1.68 bits per heavy atom. The van der Waals surface area contributed by atoms with E-state index in [4.69, 9.17) is 0 Å². The molecule has 2 saturated heterocycles. The summed E-state index contributed by atoms with van der Waals surface area (Å²) < 4.78 is 13.8. The Bertz CT molecular complexity index is 742. The van der Waals surface area contributed by atoms with E-state index in [0.717, 1.165) is 58.4 Å². The molecule has 0 aromatic heterocycles. The van der Waals surface area contributed by atoms with Gasteiger partial charge in [0.25, 0.3) is 0 Å². The van der Waals surface area contributed by atoms with Crippen molar-refractivity contribution in [2.45, 2.75) is 86.6 Å². The van der Waals surface area contributed by atoms with Crippen LogP contribution in [0.5, 0.6) is 0 Å². The number of piperidine rings is 2. The third kappa shape index (κ3) is 11.2. The van der Waals surface area contributed by atoms with E-state index in [1.54, 1.807) is 23.4 Å². The highest BCUT2D eigenvalue weighted by Crippen LogP contribution is 2.25. The van der Waals surface area contributed by atoms with E-state index >= 15 is 0 Å². The third-order valence-corrected chi connectivity index (χ3v) is 5.42. The fraction of sp³-hybridized carbons (Fsp3) is 0.643. The molecular formula is C28H47FN4O. The number of nitrogens with zero attached hydrogens (tertiary/aromatic N) is 4. The number of amides is 2. The second-order valence-corrected chi connectivity index (χ2v) is 7.41. The zero-order valence-electron chi connectivity index (χ0n) is 22.6. The lowest BCUT2D eigenvalue weighted by Crippen LogP contribution is -2.47. The van der Waals surface area contributed by atoms with Gasteiger partial charge < -0.3 is 4.90 Å². The molecule has 0 saturated carbocycles. The minimum atomic E-state index is -0.342. The highest BCUT2D eigenvalue weighted by Gasteiger charge is 2.29. The zero-order valence-corrected chi connectivity index (χ0v) is 22.6. The second-order valence-electron chi connectivity index (χ2n) is 7.41. The van der Waals surface area contributed by atoms with Crippen LogP contribution in [0.3, 0.4) is 0 Å². The minimum Gasteiger partial charge on any atom is -0.362 e. The van der Waals surface area contributed by atoms with Crippen molar-refractivity contribution in [3.05, 3.63) is 30.1 Å². The van der Waals surface area contributed by atoms with Gasteiger partial charge in [0.15, 0.2) is 0 Å². The van der Waals surface area contributed by atoms with Gasteiger partial charge in [-0.3, -0.25) is 9.80 Å². The average molecular weight is 475 g/mol. The summed E-state index contributed by atoms with van der Waals surface area (Å²) in [4.78, 5) is 23.3. The van der Waals surface area contributed by atoms with Crippen LogP contribution in [0.1, 0.15) is 80.6 Å². The highest BCUT2D eigenvalue weighted by molar-refractivity contribution is 5.97. The Hall–Kier alpha value is -2.39. The number of anilines is 1. The van der Waals surface area contributed by atoms with Crippen LogP contribution in [-0.2, 0) is 0 Å². The summed E-state index contributed by atoms with van der Waals surface area (Å²) in [5.41, 5.74) is 0.576. The van der Waals surface area contributed by atoms with Gasteiger partial charge in [-0.2, -0.15) is 4.99 Å². The Balaban J connectivity index is 0.00000168. The van der Waals surface area contributed by atoms with Gasteiger partial charge in [-0.15, -0.1) is 5.92 Å². The molecule has 0 atom stereocenters. The fourth-order valence-electron chi connectivity index (χ4n) is 3.86. The molecular weight excluding hydrogens is 427 g/mol. The molecule has 2 aliphatic rings. The molecule has 1 aromatic carbocycles. The van der Waals surface area contributed by atoms with Crippen LogP contribution in [0, 0.1) is 17.7 Å². The first-order valence-corrected chi connectivity index (χ1v) is 13.2. The maximum atomic E-state index is 13.8. The van der Waals surface area contributed by atoms with Crippen molar-refractivity contribution in [2.24, 2.45) is 4.99 Å². The summed E-state index contributed by atoms with van der Waals surface area (Å²) in [5.74, 6) is 5.68. The topological polar surface area (TPSA) is 39.1 Å². The molecule has 0 unspecified atom stereocenters. The van der Waals surface area contributed by atoms with Gasteiger partial charge in [-0.25, -0.2) is 9.18 Å². The molecule has 192 valence electrons. The van der Waals surface area contributed by atoms with Crippen molar-refractivity contribution in [2.75, 3.05) is 37.6 Å². The number of carbonyl (C=O) groups is 1. The molecule has 6 heteroatoms. The average Bonchev–Trinajstić information content (AvgIpc) is 2.91. The van der Waals surface area contributed by atoms with E-state index in [0.29, 0.717) is 5.69 Å². The molecule has 34 heavy (non-hydrogen) atoms. The summed E-state index contributed by atoms with van der Waals surface area (Å²) >= 11 is 0. The summed E-state index contributed by atoms with van der Waals surface area (Å²) in [7, 11) is 0. The molecule has 2 fully saturated rings. The predicted octanol–water partition coefficient (Wildman–Crippen LogP) is 6.83. The first kappa shape index (κ1) is 31.6. The van der Waals surface area contributed by atoms with Gasteiger partial charge >= 0.3 is 6.03 Å². The largest absolute Gasteiger partial charge is 0.362 e. The Morgan fingerprint density at radius 1 is 1.06 bits per heavy atom. The monoisotopic (exact) mass is 474 g/mol. The quantitative estimate of drug-likeness (QED) is 0.273. The molecule has 0 N–H and O–H groups in total. The van der Waals surface area contributed by atoms with Gasteiger partial charge in [0.1, 0.15) is 5.82 Å². The van der Waals surface area contributed by atoms with Crippen LogP contribution in [0.15, 0.2) is 29.3 Å². The fourth-order valence-corrected chi connectivity index (χ4v) is 3.86. The number of hydrogen-bond acceptors (Lipinski definition) is 2. The number of rotatable bonds is 4. The maximum Gasteiger partial charge on any atom is 0.349 e. The summed E-state index contributed by atoms with van der Waals surface area (Å²) in [6, 6.07) is 5.94. The maximum absolute atomic E-state index is 13.8. The molecule has 3 rings (SSSR count). The predicted molar refractivity (Wildman–Crippen MR) is 145 cm³/mol. The highest BCUT2D eigenvalue weighted by atomic mass is 19.1. The normalized spacial score (nSPS) is 15.9. The van der Waals surface area contributed by atoms with E-state index < -0.39 is 0 Å². The van der Waals surface area contributed by atoms with E-state index in [2.05, 4.69) is 26.6 Å². The van der Waals surface area contributed by atoms with Crippen molar-refractivity contribution in [3.8, 4) is 11.8 Å². The van der Waals surface area contributed by atoms with Crippen LogP contribution in [0.25, 0.3) is 0 Å². The number of likely N-dealkylation sites (tertiary alicyclic amines) is 2. The second kappa shape index (κ2) is 20.0. The molecule has 0 spiro atoms. The van der Waals surface area contributed by atoms with Crippen LogP contribution < -0.4 is 4.90 Å². The van der Waals surface area contributed by atoms with E-state index in [9.17, 15) is 9.18 Å². The minimum absolute atomic E-state index is 0.0126. The summed E-state index contributed by atoms with van der Waals surface area (Å²) in [6.45, 7) is 18.2. The van der Waals surface area contributed by atoms with Crippen LogP contribution in [0.4, 0.5) is 14.9 Å². The van der Waals surface area contributed by atoms with E-state index in [1.807, 2.05) is 48.5 Å². The molecule has 1 aromatic rings. The SMILES string of the molecule is CC.CC.CC.CC#CCN1CCC(N(C(=O)/N=C/N2CCCCC2)c2cccc(F)c2)CC1. The first-order chi connectivity index (χ1) is 16.7. The van der Waals surface area contributed by atoms with Gasteiger partial charge in [-0.05, 0) is 57.2 Å². The lowest BCUT2D eigenvalue weighted by atomic mass is 10.0. The zero-order chi connectivity index (χ0) is 25.8. The van der Waals surface area contributed by atoms with E-state index in [-0.39, 0.29) is 17.9 Å². The summed E-state index contributed by atoms with van der Waals surface area (Å²) in [6.07, 6.45) is 6.81. The van der Waals surface area contributed by atoms with Gasteiger partial charge in [0.2, 0.25) is 0 Å².